The van der Waals surface area contributed by atoms with Gasteiger partial charge in [0.15, 0.2) is 0 Å². The van der Waals surface area contributed by atoms with Gasteiger partial charge in [-0.1, -0.05) is 34.8 Å². The van der Waals surface area contributed by atoms with Crippen LogP contribution in [-0.4, -0.2) is 5.91 Å². The summed E-state index contributed by atoms with van der Waals surface area (Å²) < 4.78 is 1.09. The number of rotatable bonds is 2. The van der Waals surface area contributed by atoms with E-state index >= 15 is 0 Å². The van der Waals surface area contributed by atoms with Gasteiger partial charge in [-0.05, 0) is 65.4 Å². The van der Waals surface area contributed by atoms with E-state index in [1.165, 1.54) is 0 Å². The smallest absolute Gasteiger partial charge is 0.258 e. The molecule has 0 aliphatic heterocycles. The second-order valence-electron chi connectivity index (χ2n) is 4.13. The van der Waals surface area contributed by atoms with Gasteiger partial charge in [0.2, 0.25) is 0 Å². The number of benzene rings is 2. The molecule has 2 nitrogen and oxygen atoms in total. The van der Waals surface area contributed by atoms with Gasteiger partial charge in [-0.25, -0.2) is 0 Å². The summed E-state index contributed by atoms with van der Waals surface area (Å²) in [5.74, 6) is -0.383. The molecule has 0 unspecified atom stereocenters. The van der Waals surface area contributed by atoms with Gasteiger partial charge in [-0.2, -0.15) is 0 Å². The van der Waals surface area contributed by atoms with Crippen molar-refractivity contribution in [3.63, 3.8) is 0 Å². The molecule has 0 heterocycles. The van der Waals surface area contributed by atoms with Crippen molar-refractivity contribution in [2.75, 3.05) is 5.32 Å². The topological polar surface area (TPSA) is 29.1 Å². The molecule has 0 radical (unpaired) electrons. The Morgan fingerprint density at radius 3 is 2.40 bits per heavy atom. The fraction of sp³-hybridized carbons (Fsp3) is 0.0714. The number of halogens is 4. The molecule has 104 valence electrons. The SMILES string of the molecule is Cc1cc(I)ccc1NC(=O)c1c(Cl)ccc(Cl)c1Cl. The van der Waals surface area contributed by atoms with Crippen LogP contribution in [0.4, 0.5) is 5.69 Å². The van der Waals surface area contributed by atoms with Crippen LogP contribution < -0.4 is 5.32 Å². The van der Waals surface area contributed by atoms with Crippen LogP contribution in [-0.2, 0) is 0 Å². The van der Waals surface area contributed by atoms with Crippen LogP contribution in [0.3, 0.4) is 0 Å². The number of hydrogen-bond donors (Lipinski definition) is 1. The molecule has 1 amide bonds. The number of amides is 1. The van der Waals surface area contributed by atoms with Gasteiger partial charge in [-0.15, -0.1) is 0 Å². The Balaban J connectivity index is 2.36. The molecule has 20 heavy (non-hydrogen) atoms. The monoisotopic (exact) mass is 439 g/mol. The van der Waals surface area contributed by atoms with Crippen LogP contribution in [0.15, 0.2) is 30.3 Å². The van der Waals surface area contributed by atoms with Crippen LogP contribution in [0.1, 0.15) is 15.9 Å². The van der Waals surface area contributed by atoms with Crippen molar-refractivity contribution in [2.45, 2.75) is 6.92 Å². The Labute approximate surface area is 145 Å². The molecule has 0 fully saturated rings. The lowest BCUT2D eigenvalue weighted by atomic mass is 10.1. The third-order valence-electron chi connectivity index (χ3n) is 2.71. The van der Waals surface area contributed by atoms with Crippen LogP contribution >= 0.6 is 57.4 Å². The molecule has 1 N–H and O–H groups in total. The molecule has 0 saturated carbocycles. The highest BCUT2D eigenvalue weighted by molar-refractivity contribution is 14.1. The normalized spacial score (nSPS) is 10.4. The van der Waals surface area contributed by atoms with Gasteiger partial charge in [0.25, 0.3) is 5.91 Å². The second-order valence-corrected chi connectivity index (χ2v) is 6.57. The predicted molar refractivity (Wildman–Crippen MR) is 93.3 cm³/mol. The highest BCUT2D eigenvalue weighted by Gasteiger charge is 2.18. The molecule has 0 bridgehead atoms. The van der Waals surface area contributed by atoms with E-state index in [9.17, 15) is 4.79 Å². The van der Waals surface area contributed by atoms with Gasteiger partial charge < -0.3 is 5.32 Å². The first kappa shape index (κ1) is 15.9. The Hall–Kier alpha value is -0.490. The van der Waals surface area contributed by atoms with E-state index in [-0.39, 0.29) is 21.5 Å². The molecule has 6 heteroatoms. The van der Waals surface area contributed by atoms with Gasteiger partial charge in [0.05, 0.1) is 20.6 Å². The zero-order chi connectivity index (χ0) is 14.9. The summed E-state index contributed by atoms with van der Waals surface area (Å²) in [6.07, 6.45) is 0. The number of hydrogen-bond acceptors (Lipinski definition) is 1. The lowest BCUT2D eigenvalue weighted by Gasteiger charge is -2.11. The van der Waals surface area contributed by atoms with E-state index in [4.69, 9.17) is 34.8 Å². The quantitative estimate of drug-likeness (QED) is 0.463. The first-order chi connectivity index (χ1) is 9.40. The molecule has 2 aromatic carbocycles. The Morgan fingerprint density at radius 1 is 1.10 bits per heavy atom. The minimum Gasteiger partial charge on any atom is -0.322 e. The number of nitrogens with one attached hydrogen (secondary N) is 1. The first-order valence-corrected chi connectivity index (χ1v) is 7.82. The summed E-state index contributed by atoms with van der Waals surface area (Å²) >= 11 is 20.2. The molecule has 2 rings (SSSR count). The molecule has 0 aromatic heterocycles. The van der Waals surface area contributed by atoms with Crippen LogP contribution in [0.5, 0.6) is 0 Å². The fourth-order valence-corrected chi connectivity index (χ4v) is 3.03. The third kappa shape index (κ3) is 3.39. The molecule has 0 spiro atoms. The summed E-state index contributed by atoms with van der Waals surface area (Å²) in [7, 11) is 0. The number of carbonyl (C=O) groups is 1. The van der Waals surface area contributed by atoms with Gasteiger partial charge in [0, 0.05) is 9.26 Å². The first-order valence-electron chi connectivity index (χ1n) is 5.61. The van der Waals surface area contributed by atoms with E-state index in [0.29, 0.717) is 10.7 Å². The molecule has 0 atom stereocenters. The molecule has 2 aromatic rings. The summed E-state index contributed by atoms with van der Waals surface area (Å²) in [6.45, 7) is 1.92. The van der Waals surface area contributed by atoms with Crippen LogP contribution in [0.25, 0.3) is 0 Å². The number of aryl methyl sites for hydroxylation is 1. The van der Waals surface area contributed by atoms with Crippen molar-refractivity contribution in [3.05, 3.63) is 60.1 Å². The van der Waals surface area contributed by atoms with Crippen molar-refractivity contribution in [3.8, 4) is 0 Å². The summed E-state index contributed by atoms with van der Waals surface area (Å²) in [5, 5.41) is 3.50. The minimum absolute atomic E-state index is 0.153. The van der Waals surface area contributed by atoms with E-state index in [1.807, 2.05) is 25.1 Å². The lowest BCUT2D eigenvalue weighted by Crippen LogP contribution is -2.14. The maximum Gasteiger partial charge on any atom is 0.258 e. The number of anilines is 1. The van der Waals surface area contributed by atoms with E-state index < -0.39 is 0 Å². The van der Waals surface area contributed by atoms with Gasteiger partial charge >= 0.3 is 0 Å². The average Bonchev–Trinajstić information content (AvgIpc) is 2.38. The zero-order valence-corrected chi connectivity index (χ0v) is 14.7. The Kier molecular flexibility index (Phi) is 5.18. The largest absolute Gasteiger partial charge is 0.322 e. The van der Waals surface area contributed by atoms with Crippen molar-refractivity contribution in [1.82, 2.24) is 0 Å². The maximum atomic E-state index is 12.3. The molecule has 0 aliphatic carbocycles. The van der Waals surface area contributed by atoms with Gasteiger partial charge in [-0.3, -0.25) is 4.79 Å². The van der Waals surface area contributed by atoms with Crippen molar-refractivity contribution < 1.29 is 4.79 Å². The highest BCUT2D eigenvalue weighted by atomic mass is 127. The number of carbonyl (C=O) groups excluding carboxylic acids is 1. The second kappa shape index (κ2) is 6.52. The summed E-state index contributed by atoms with van der Waals surface area (Å²) in [6, 6.07) is 8.81. The third-order valence-corrected chi connectivity index (χ3v) is 4.50. The minimum atomic E-state index is -0.383. The van der Waals surface area contributed by atoms with Gasteiger partial charge in [0.1, 0.15) is 0 Å². The fourth-order valence-electron chi connectivity index (χ4n) is 1.69. The molecular weight excluding hydrogens is 431 g/mol. The van der Waals surface area contributed by atoms with Crippen LogP contribution in [0, 0.1) is 10.5 Å². The highest BCUT2D eigenvalue weighted by Crippen LogP contribution is 2.32. The average molecular weight is 440 g/mol. The van der Waals surface area contributed by atoms with Crippen molar-refractivity contribution in [2.24, 2.45) is 0 Å². The Bertz CT molecular complexity index is 688. The lowest BCUT2D eigenvalue weighted by molar-refractivity contribution is 0.102. The zero-order valence-electron chi connectivity index (χ0n) is 10.3. The summed E-state index contributed by atoms with van der Waals surface area (Å²) in [4.78, 5) is 12.3. The van der Waals surface area contributed by atoms with E-state index in [0.717, 1.165) is 9.13 Å². The van der Waals surface area contributed by atoms with E-state index in [1.54, 1.807) is 12.1 Å². The predicted octanol–water partition coefficient (Wildman–Crippen LogP) is 5.81. The van der Waals surface area contributed by atoms with Crippen molar-refractivity contribution >= 4 is 69.0 Å². The molecular formula is C14H9Cl3INO. The van der Waals surface area contributed by atoms with Crippen LogP contribution in [0.2, 0.25) is 15.1 Å². The summed E-state index contributed by atoms with van der Waals surface area (Å²) in [5.41, 5.74) is 1.85. The maximum absolute atomic E-state index is 12.3. The Morgan fingerprint density at radius 2 is 1.75 bits per heavy atom. The van der Waals surface area contributed by atoms with Crippen molar-refractivity contribution in [1.29, 1.82) is 0 Å². The molecule has 0 aliphatic rings. The van der Waals surface area contributed by atoms with E-state index in [2.05, 4.69) is 27.9 Å². The molecule has 0 saturated heterocycles. The standard InChI is InChI=1S/C14H9Cl3INO/c1-7-6-8(18)2-5-11(7)19-14(20)12-9(15)3-4-10(16)13(12)17/h2-6H,1H3,(H,19,20).